The molecule has 32 heavy (non-hydrogen) atoms. The molecule has 4 rings (SSSR count). The van der Waals surface area contributed by atoms with Gasteiger partial charge in [-0.15, -0.1) is 0 Å². The number of fused-ring (bicyclic) bond motifs is 5. The molecule has 7 nitrogen and oxygen atoms in total. The maximum Gasteiger partial charge on any atom is 0.302 e. The van der Waals surface area contributed by atoms with Crippen LogP contribution in [0, 0.1) is 34.5 Å². The molecule has 0 radical (unpaired) electrons. The molecular weight excluding hydrogens is 412 g/mol. The zero-order valence-corrected chi connectivity index (χ0v) is 19.8. The highest BCUT2D eigenvalue weighted by Crippen LogP contribution is 2.67. The molecule has 4 fully saturated rings. The summed E-state index contributed by atoms with van der Waals surface area (Å²) in [5.41, 5.74) is -0.395. The number of ether oxygens (including phenoxy) is 3. The smallest absolute Gasteiger partial charge is 0.302 e. The Bertz CT molecular complexity index is 821. The van der Waals surface area contributed by atoms with Crippen LogP contribution in [0.3, 0.4) is 0 Å². The maximum atomic E-state index is 12.4. The molecule has 0 spiro atoms. The van der Waals surface area contributed by atoms with Gasteiger partial charge in [0.2, 0.25) is 0 Å². The van der Waals surface area contributed by atoms with Crippen LogP contribution < -0.4 is 0 Å². The van der Waals surface area contributed by atoms with Gasteiger partial charge in [0, 0.05) is 45.4 Å². The SMILES string of the molecule is CC(=O)O[C@@H]1C[C@H]2[C@@H]3C[C@H](OC(C)=O)[C@H]4CC(=O)CC[C@]4(C)[C@H]3[C@H](OC(C)=O)C[C@]2(C)C1. The van der Waals surface area contributed by atoms with Crippen LogP contribution in [0.2, 0.25) is 0 Å². The summed E-state index contributed by atoms with van der Waals surface area (Å²) in [5, 5.41) is 0. The summed E-state index contributed by atoms with van der Waals surface area (Å²) in [6, 6.07) is 0. The van der Waals surface area contributed by atoms with E-state index in [1.54, 1.807) is 0 Å². The minimum absolute atomic E-state index is 0.0676. The molecule has 0 amide bonds. The molecule has 178 valence electrons. The van der Waals surface area contributed by atoms with Crippen LogP contribution in [-0.4, -0.2) is 42.0 Å². The Morgan fingerprint density at radius 3 is 2.09 bits per heavy atom. The summed E-state index contributed by atoms with van der Waals surface area (Å²) in [6.07, 6.45) is 3.80. The molecule has 0 saturated heterocycles. The van der Waals surface area contributed by atoms with Crippen molar-refractivity contribution in [3.8, 4) is 0 Å². The first-order valence-corrected chi connectivity index (χ1v) is 12.0. The van der Waals surface area contributed by atoms with Crippen LogP contribution in [0.5, 0.6) is 0 Å². The highest BCUT2D eigenvalue weighted by Gasteiger charge is 2.66. The quantitative estimate of drug-likeness (QED) is 0.481. The lowest BCUT2D eigenvalue weighted by molar-refractivity contribution is -0.214. The molecule has 0 unspecified atom stereocenters. The van der Waals surface area contributed by atoms with Crippen molar-refractivity contribution >= 4 is 23.7 Å². The molecule has 4 aliphatic rings. The van der Waals surface area contributed by atoms with Crippen molar-refractivity contribution in [2.45, 2.75) is 97.9 Å². The van der Waals surface area contributed by atoms with Crippen LogP contribution in [0.25, 0.3) is 0 Å². The summed E-state index contributed by atoms with van der Waals surface area (Å²) >= 11 is 0. The Morgan fingerprint density at radius 1 is 0.844 bits per heavy atom. The number of Topliss-reactive ketones (excluding diaryl/α,β-unsaturated/α-hetero) is 1. The minimum atomic E-state index is -0.326. The number of rotatable bonds is 3. The van der Waals surface area contributed by atoms with Gasteiger partial charge in [0.15, 0.2) is 0 Å². The van der Waals surface area contributed by atoms with Gasteiger partial charge in [0.1, 0.15) is 24.1 Å². The van der Waals surface area contributed by atoms with E-state index in [4.69, 9.17) is 14.2 Å². The molecule has 0 aromatic carbocycles. The van der Waals surface area contributed by atoms with Crippen LogP contribution in [-0.2, 0) is 33.4 Å². The van der Waals surface area contributed by atoms with Gasteiger partial charge in [-0.25, -0.2) is 0 Å². The Balaban J connectivity index is 1.75. The van der Waals surface area contributed by atoms with Crippen molar-refractivity contribution in [3.05, 3.63) is 0 Å². The van der Waals surface area contributed by atoms with E-state index in [0.29, 0.717) is 25.7 Å². The maximum absolute atomic E-state index is 12.4. The second-order valence-electron chi connectivity index (χ2n) is 11.2. The lowest BCUT2D eigenvalue weighted by Crippen LogP contribution is -2.62. The Kier molecular flexibility index (Phi) is 5.91. The van der Waals surface area contributed by atoms with Crippen molar-refractivity contribution in [1.82, 2.24) is 0 Å². The van der Waals surface area contributed by atoms with Gasteiger partial charge in [-0.3, -0.25) is 19.2 Å². The Morgan fingerprint density at radius 2 is 1.47 bits per heavy atom. The first-order chi connectivity index (χ1) is 14.9. The first kappa shape index (κ1) is 23.2. The highest BCUT2D eigenvalue weighted by molar-refractivity contribution is 5.80. The van der Waals surface area contributed by atoms with Crippen LogP contribution in [0.15, 0.2) is 0 Å². The minimum Gasteiger partial charge on any atom is -0.463 e. The monoisotopic (exact) mass is 448 g/mol. The van der Waals surface area contributed by atoms with E-state index >= 15 is 0 Å². The van der Waals surface area contributed by atoms with Gasteiger partial charge >= 0.3 is 17.9 Å². The first-order valence-electron chi connectivity index (χ1n) is 12.0. The van der Waals surface area contributed by atoms with E-state index in [2.05, 4.69) is 13.8 Å². The van der Waals surface area contributed by atoms with E-state index < -0.39 is 0 Å². The van der Waals surface area contributed by atoms with Crippen LogP contribution in [0.4, 0.5) is 0 Å². The van der Waals surface area contributed by atoms with E-state index in [9.17, 15) is 19.2 Å². The van der Waals surface area contributed by atoms with Crippen molar-refractivity contribution in [3.63, 3.8) is 0 Å². The number of carbonyl (C=O) groups excluding carboxylic acids is 4. The van der Waals surface area contributed by atoms with Gasteiger partial charge in [0.25, 0.3) is 0 Å². The molecule has 0 aliphatic heterocycles. The molecule has 0 aromatic heterocycles. The molecule has 0 N–H and O–H groups in total. The van der Waals surface area contributed by atoms with Crippen molar-refractivity contribution in [2.75, 3.05) is 0 Å². The van der Waals surface area contributed by atoms with Gasteiger partial charge in [0.05, 0.1) is 0 Å². The molecule has 0 bridgehead atoms. The summed E-state index contributed by atoms with van der Waals surface area (Å²) in [4.78, 5) is 48.2. The Labute approximate surface area is 189 Å². The third kappa shape index (κ3) is 3.96. The lowest BCUT2D eigenvalue weighted by Gasteiger charge is -2.62. The second-order valence-corrected chi connectivity index (χ2v) is 11.2. The number of esters is 3. The van der Waals surface area contributed by atoms with E-state index in [-0.39, 0.29) is 76.5 Å². The number of hydrogen-bond acceptors (Lipinski definition) is 7. The number of hydrogen-bond donors (Lipinski definition) is 0. The second kappa shape index (κ2) is 8.14. The highest BCUT2D eigenvalue weighted by atomic mass is 16.6. The van der Waals surface area contributed by atoms with Crippen molar-refractivity contribution < 1.29 is 33.4 Å². The van der Waals surface area contributed by atoms with Gasteiger partial charge < -0.3 is 14.2 Å². The number of carbonyl (C=O) groups is 4. The zero-order chi connectivity index (χ0) is 23.4. The summed E-state index contributed by atoms with van der Waals surface area (Å²) in [5.74, 6) is -0.220. The predicted octanol–water partition coefficient (Wildman–Crippen LogP) is 3.61. The summed E-state index contributed by atoms with van der Waals surface area (Å²) in [7, 11) is 0. The lowest BCUT2D eigenvalue weighted by atomic mass is 9.44. The standard InChI is InChI=1S/C25H36O7/c1-13(26)30-17-9-19-18-10-21(31-14(2)27)20-8-16(29)6-7-25(20,5)23(18)22(32-15(3)28)12-24(19,4)11-17/h17-23H,6-12H2,1-5H3/t17-,18+,19+,20-,21+,22-,23-,24+,25+/m1/s1. The molecule has 7 heteroatoms. The fourth-order valence-electron chi connectivity index (χ4n) is 8.16. The molecule has 9 atom stereocenters. The van der Waals surface area contributed by atoms with E-state index in [1.165, 1.54) is 20.8 Å². The average molecular weight is 449 g/mol. The van der Waals surface area contributed by atoms with Gasteiger partial charge in [-0.05, 0) is 54.8 Å². The fraction of sp³-hybridized carbons (Fsp3) is 0.840. The molecule has 0 heterocycles. The summed E-state index contributed by atoms with van der Waals surface area (Å²) in [6.45, 7) is 8.74. The molecular formula is C25H36O7. The third-order valence-corrected chi connectivity index (χ3v) is 9.07. The van der Waals surface area contributed by atoms with Gasteiger partial charge in [-0.1, -0.05) is 13.8 Å². The van der Waals surface area contributed by atoms with Crippen molar-refractivity contribution in [2.24, 2.45) is 34.5 Å². The normalized spacial score (nSPS) is 45.2. The molecule has 4 saturated carbocycles. The fourth-order valence-corrected chi connectivity index (χ4v) is 8.16. The molecule has 4 aliphatic carbocycles. The average Bonchev–Trinajstić information content (AvgIpc) is 2.96. The predicted molar refractivity (Wildman–Crippen MR) is 114 cm³/mol. The number of ketones is 1. The van der Waals surface area contributed by atoms with E-state index in [1.807, 2.05) is 0 Å². The third-order valence-electron chi connectivity index (χ3n) is 9.07. The van der Waals surface area contributed by atoms with Crippen LogP contribution in [0.1, 0.15) is 79.6 Å². The van der Waals surface area contributed by atoms with Crippen molar-refractivity contribution in [1.29, 1.82) is 0 Å². The van der Waals surface area contributed by atoms with Crippen LogP contribution >= 0.6 is 0 Å². The molecule has 0 aromatic rings. The largest absolute Gasteiger partial charge is 0.463 e. The Hall–Kier alpha value is -1.92. The van der Waals surface area contributed by atoms with Gasteiger partial charge in [-0.2, -0.15) is 0 Å². The summed E-state index contributed by atoms with van der Waals surface area (Å²) < 4.78 is 17.4. The zero-order valence-electron chi connectivity index (χ0n) is 19.8. The van der Waals surface area contributed by atoms with E-state index in [0.717, 1.165) is 19.3 Å². The topological polar surface area (TPSA) is 96.0 Å².